The second kappa shape index (κ2) is 12.7. The zero-order valence-corrected chi connectivity index (χ0v) is 12.3. The van der Waals surface area contributed by atoms with Crippen LogP contribution in [-0.4, -0.2) is 23.7 Å². The molecule has 1 N–H and O–H groups in total. The lowest BCUT2D eigenvalue weighted by Crippen LogP contribution is -2.04. The van der Waals surface area contributed by atoms with Gasteiger partial charge in [-0.05, 0) is 12.0 Å². The van der Waals surface area contributed by atoms with Gasteiger partial charge in [-0.25, -0.2) is 4.79 Å². The molecule has 1 aromatic rings. The van der Waals surface area contributed by atoms with E-state index in [0.717, 1.165) is 18.9 Å². The van der Waals surface area contributed by atoms with Crippen molar-refractivity contribution in [2.24, 2.45) is 0 Å². The van der Waals surface area contributed by atoms with Gasteiger partial charge in [-0.1, -0.05) is 62.4 Å². The number of aliphatic carboxylic acids is 1. The first kappa shape index (κ1) is 18.6. The summed E-state index contributed by atoms with van der Waals surface area (Å²) in [7, 11) is 0. The molecule has 0 amide bonds. The lowest BCUT2D eigenvalue weighted by Gasteiger charge is -1.99. The topological polar surface area (TPSA) is 63.6 Å². The standard InChI is InChI=1S/C9H14O4.C8H8/c1-2-3-7-13-9(12)6-4-5-8(10)11;1-2-8-6-4-3-5-7-8/h4-5H,2-3,6-7H2,1H3,(H,10,11);2-7H,1H2. The molecule has 0 aliphatic carbocycles. The first-order valence-corrected chi connectivity index (χ1v) is 6.82. The Morgan fingerprint density at radius 3 is 2.43 bits per heavy atom. The third-order valence-corrected chi connectivity index (χ3v) is 2.34. The first-order chi connectivity index (χ1) is 10.1. The Morgan fingerprint density at radius 2 is 1.95 bits per heavy atom. The average Bonchev–Trinajstić information content (AvgIpc) is 2.48. The molecule has 0 aromatic heterocycles. The van der Waals surface area contributed by atoms with E-state index < -0.39 is 5.97 Å². The maximum atomic E-state index is 10.8. The van der Waals surface area contributed by atoms with Gasteiger partial charge in [0.25, 0.3) is 0 Å². The van der Waals surface area contributed by atoms with Gasteiger partial charge < -0.3 is 9.84 Å². The summed E-state index contributed by atoms with van der Waals surface area (Å²) in [4.78, 5) is 20.8. The minimum atomic E-state index is -1.05. The summed E-state index contributed by atoms with van der Waals surface area (Å²) < 4.78 is 4.78. The van der Waals surface area contributed by atoms with Crippen LogP contribution in [0.4, 0.5) is 0 Å². The van der Waals surface area contributed by atoms with Crippen molar-refractivity contribution in [2.75, 3.05) is 6.61 Å². The quantitative estimate of drug-likeness (QED) is 0.472. The van der Waals surface area contributed by atoms with Crippen LogP contribution in [0, 0.1) is 0 Å². The highest BCUT2D eigenvalue weighted by Crippen LogP contribution is 1.97. The summed E-state index contributed by atoms with van der Waals surface area (Å²) in [6, 6.07) is 10.0. The molecule has 4 nitrogen and oxygen atoms in total. The van der Waals surface area contributed by atoms with Gasteiger partial charge in [0.15, 0.2) is 0 Å². The molecule has 1 aromatic carbocycles. The van der Waals surface area contributed by atoms with Gasteiger partial charge in [0.2, 0.25) is 0 Å². The van der Waals surface area contributed by atoms with Gasteiger partial charge in [0.05, 0.1) is 13.0 Å². The van der Waals surface area contributed by atoms with Crippen LogP contribution in [0.1, 0.15) is 31.7 Å². The van der Waals surface area contributed by atoms with Crippen LogP contribution < -0.4 is 0 Å². The zero-order chi connectivity index (χ0) is 15.9. The summed E-state index contributed by atoms with van der Waals surface area (Å²) in [5.74, 6) is -1.44. The number of hydrogen-bond donors (Lipinski definition) is 1. The van der Waals surface area contributed by atoms with Gasteiger partial charge in [0, 0.05) is 6.08 Å². The molecule has 0 radical (unpaired) electrons. The van der Waals surface area contributed by atoms with Gasteiger partial charge >= 0.3 is 11.9 Å². The molecule has 0 fully saturated rings. The van der Waals surface area contributed by atoms with Crippen LogP contribution in [0.3, 0.4) is 0 Å². The fourth-order valence-corrected chi connectivity index (χ4v) is 1.23. The Labute approximate surface area is 125 Å². The lowest BCUT2D eigenvalue weighted by molar-refractivity contribution is -0.142. The van der Waals surface area contributed by atoms with Crippen LogP contribution in [0.25, 0.3) is 6.08 Å². The highest BCUT2D eigenvalue weighted by molar-refractivity contribution is 5.81. The van der Waals surface area contributed by atoms with E-state index in [1.54, 1.807) is 0 Å². The number of carbonyl (C=O) groups is 2. The number of hydrogen-bond acceptors (Lipinski definition) is 3. The molecular formula is C17H22O4. The molecule has 0 saturated heterocycles. The molecule has 114 valence electrons. The van der Waals surface area contributed by atoms with Crippen LogP contribution in [0.5, 0.6) is 0 Å². The van der Waals surface area contributed by atoms with E-state index in [4.69, 9.17) is 9.84 Å². The number of carbonyl (C=O) groups excluding carboxylic acids is 1. The Morgan fingerprint density at radius 1 is 1.29 bits per heavy atom. The summed E-state index contributed by atoms with van der Waals surface area (Å²) in [6.45, 7) is 6.04. The minimum Gasteiger partial charge on any atom is -0.478 e. The highest BCUT2D eigenvalue weighted by atomic mass is 16.5. The van der Waals surface area contributed by atoms with Crippen LogP contribution in [0.15, 0.2) is 49.1 Å². The average molecular weight is 290 g/mol. The molecule has 0 spiro atoms. The second-order valence-electron chi connectivity index (χ2n) is 4.13. The number of ether oxygens (including phenoxy) is 1. The number of carboxylic acids is 1. The van der Waals surface area contributed by atoms with E-state index in [9.17, 15) is 9.59 Å². The molecule has 1 rings (SSSR count). The normalized spacial score (nSPS) is 9.57. The van der Waals surface area contributed by atoms with Crippen molar-refractivity contribution in [3.63, 3.8) is 0 Å². The Hall–Kier alpha value is -2.36. The zero-order valence-electron chi connectivity index (χ0n) is 12.3. The summed E-state index contributed by atoms with van der Waals surface area (Å²) >= 11 is 0. The van der Waals surface area contributed by atoms with Crippen LogP contribution in [0.2, 0.25) is 0 Å². The van der Waals surface area contributed by atoms with Crippen molar-refractivity contribution in [2.45, 2.75) is 26.2 Å². The Kier molecular flexibility index (Phi) is 11.2. The third-order valence-electron chi connectivity index (χ3n) is 2.34. The van der Waals surface area contributed by atoms with Crippen LogP contribution >= 0.6 is 0 Å². The van der Waals surface area contributed by atoms with Crippen molar-refractivity contribution in [3.05, 3.63) is 54.6 Å². The number of esters is 1. The SMILES string of the molecule is C=Cc1ccccc1.CCCCOC(=O)CC=CC(=O)O. The predicted molar refractivity (Wildman–Crippen MR) is 83.8 cm³/mol. The number of unbranched alkanes of at least 4 members (excludes halogenated alkanes) is 1. The fourth-order valence-electron chi connectivity index (χ4n) is 1.23. The summed E-state index contributed by atoms with van der Waals surface area (Å²) in [5, 5.41) is 8.20. The molecule has 0 saturated carbocycles. The van der Waals surface area contributed by atoms with E-state index in [1.165, 1.54) is 11.6 Å². The molecule has 4 heteroatoms. The molecule has 0 unspecified atom stereocenters. The van der Waals surface area contributed by atoms with Crippen molar-refractivity contribution in [1.29, 1.82) is 0 Å². The van der Waals surface area contributed by atoms with Crippen molar-refractivity contribution in [3.8, 4) is 0 Å². The van der Waals surface area contributed by atoms with Crippen LogP contribution in [-0.2, 0) is 14.3 Å². The summed E-state index contributed by atoms with van der Waals surface area (Å²) in [5.41, 5.74) is 1.17. The van der Waals surface area contributed by atoms with Gasteiger partial charge in [-0.15, -0.1) is 0 Å². The smallest absolute Gasteiger partial charge is 0.327 e. The molecule has 0 bridgehead atoms. The molecule has 0 atom stereocenters. The summed E-state index contributed by atoms with van der Waals surface area (Å²) in [6.07, 6.45) is 5.88. The molecule has 0 aliphatic heterocycles. The minimum absolute atomic E-state index is 0.0238. The van der Waals surface area contributed by atoms with E-state index in [1.807, 2.05) is 43.3 Å². The monoisotopic (exact) mass is 290 g/mol. The van der Waals surface area contributed by atoms with Crippen molar-refractivity contribution >= 4 is 18.0 Å². The van der Waals surface area contributed by atoms with E-state index in [-0.39, 0.29) is 12.4 Å². The Balaban J connectivity index is 0.000000423. The molecule has 0 heterocycles. The van der Waals surface area contributed by atoms with E-state index in [2.05, 4.69) is 6.58 Å². The maximum Gasteiger partial charge on any atom is 0.327 e. The predicted octanol–water partition coefficient (Wildman–Crippen LogP) is 3.69. The third kappa shape index (κ3) is 12.4. The number of benzene rings is 1. The lowest BCUT2D eigenvalue weighted by atomic mass is 10.2. The largest absolute Gasteiger partial charge is 0.478 e. The first-order valence-electron chi connectivity index (χ1n) is 6.82. The fraction of sp³-hybridized carbons (Fsp3) is 0.294. The number of rotatable bonds is 7. The maximum absolute atomic E-state index is 10.8. The van der Waals surface area contributed by atoms with Gasteiger partial charge in [-0.3, -0.25) is 4.79 Å². The van der Waals surface area contributed by atoms with Gasteiger partial charge in [0.1, 0.15) is 0 Å². The highest BCUT2D eigenvalue weighted by Gasteiger charge is 1.98. The molecular weight excluding hydrogens is 268 g/mol. The molecule has 21 heavy (non-hydrogen) atoms. The molecule has 0 aliphatic rings. The second-order valence-corrected chi connectivity index (χ2v) is 4.13. The number of carboxylic acid groups (broad SMARTS) is 1. The van der Waals surface area contributed by atoms with E-state index in [0.29, 0.717) is 6.61 Å². The van der Waals surface area contributed by atoms with E-state index >= 15 is 0 Å². The Bertz CT molecular complexity index is 449. The van der Waals surface area contributed by atoms with Gasteiger partial charge in [-0.2, -0.15) is 0 Å². The van der Waals surface area contributed by atoms with Crippen molar-refractivity contribution in [1.82, 2.24) is 0 Å². The van der Waals surface area contributed by atoms with Crippen molar-refractivity contribution < 1.29 is 19.4 Å².